The van der Waals surface area contributed by atoms with Gasteiger partial charge < -0.3 is 10.1 Å². The Morgan fingerprint density at radius 3 is 2.68 bits per heavy atom. The normalized spacial score (nSPS) is 29.6. The molecule has 5 heteroatoms. The van der Waals surface area contributed by atoms with Crippen LogP contribution in [0.4, 0.5) is 4.79 Å². The zero-order valence-electron chi connectivity index (χ0n) is 17.1. The van der Waals surface area contributed by atoms with Gasteiger partial charge in [-0.05, 0) is 49.7 Å². The van der Waals surface area contributed by atoms with Crippen molar-refractivity contribution in [2.45, 2.75) is 56.6 Å². The number of allylic oxidation sites excluding steroid dienone is 1. The predicted molar refractivity (Wildman–Crippen MR) is 120 cm³/mol. The fourth-order valence-corrected chi connectivity index (χ4v) is 8.79. The number of hydrogen-bond donors (Lipinski definition) is 1. The third-order valence-corrected chi connectivity index (χ3v) is 10.5. The van der Waals surface area contributed by atoms with Crippen LogP contribution in [0.5, 0.6) is 0 Å². The molecule has 0 bridgehead atoms. The molecule has 1 fully saturated rings. The lowest BCUT2D eigenvalue weighted by Gasteiger charge is -2.46. The number of alkyl carbamates (subject to hydrolysis) is 1. The Hall–Kier alpha value is -1.07. The maximum absolute atomic E-state index is 12.6. The molecule has 0 aromatic heterocycles. The zero-order valence-corrected chi connectivity index (χ0v) is 18.8. The second-order valence-corrected chi connectivity index (χ2v) is 11.7. The number of rotatable bonds is 4. The van der Waals surface area contributed by atoms with E-state index in [1.165, 1.54) is 37.2 Å². The number of hydrogen-bond acceptors (Lipinski definition) is 4. The lowest BCUT2D eigenvalue weighted by molar-refractivity contribution is 0.0698. The molecule has 4 rings (SSSR count). The van der Waals surface area contributed by atoms with Crippen molar-refractivity contribution in [1.82, 2.24) is 5.32 Å². The first-order chi connectivity index (χ1) is 13.4. The molecule has 152 valence electrons. The van der Waals surface area contributed by atoms with Crippen LogP contribution in [0.2, 0.25) is 0 Å². The molecule has 0 saturated carbocycles. The largest absolute Gasteiger partial charge is 0.449 e. The van der Waals surface area contributed by atoms with Crippen LogP contribution >= 0.6 is 23.5 Å². The minimum absolute atomic E-state index is 0.0538. The maximum atomic E-state index is 12.6. The predicted octanol–water partition coefficient (Wildman–Crippen LogP) is 6.18. The fourth-order valence-electron chi connectivity index (χ4n) is 5.10. The van der Waals surface area contributed by atoms with Gasteiger partial charge in [0.15, 0.2) is 0 Å². The first-order valence-electron chi connectivity index (χ1n) is 10.4. The molecule has 0 unspecified atom stereocenters. The molecule has 1 aromatic rings. The Labute approximate surface area is 177 Å². The van der Waals surface area contributed by atoms with Gasteiger partial charge in [-0.3, -0.25) is 0 Å². The first-order valence-corrected chi connectivity index (χ1v) is 12.4. The van der Waals surface area contributed by atoms with Crippen molar-refractivity contribution in [2.75, 3.05) is 18.1 Å². The number of thioether (sulfide) groups is 2. The molecular formula is C23H31NO2S2. The summed E-state index contributed by atoms with van der Waals surface area (Å²) >= 11 is 4.27. The second kappa shape index (κ2) is 7.98. The highest BCUT2D eigenvalue weighted by atomic mass is 32.2. The van der Waals surface area contributed by atoms with E-state index in [1.54, 1.807) is 11.1 Å². The molecule has 3 aliphatic rings. The summed E-state index contributed by atoms with van der Waals surface area (Å²) < 4.78 is 6.10. The summed E-state index contributed by atoms with van der Waals surface area (Å²) in [6.45, 7) is 7.16. The van der Waals surface area contributed by atoms with Crippen molar-refractivity contribution in [3.8, 4) is 0 Å². The standard InChI is InChI=1S/C23H31NO2S2/c1-16-9-10-19-11-12-23(27-13-14-28-23)20(19)22(16,3)15-26-21(25)24-17(2)18-7-5-4-6-8-18/h4-8,16-17H,9-15H2,1-3H3,(H,24,25)/t16-,17+,22+/m1/s1. The van der Waals surface area contributed by atoms with Gasteiger partial charge in [-0.2, -0.15) is 0 Å². The van der Waals surface area contributed by atoms with Crippen molar-refractivity contribution in [3.05, 3.63) is 47.0 Å². The van der Waals surface area contributed by atoms with Crippen LogP contribution in [0.3, 0.4) is 0 Å². The van der Waals surface area contributed by atoms with Gasteiger partial charge in [0.25, 0.3) is 0 Å². The summed E-state index contributed by atoms with van der Waals surface area (Å²) in [5.74, 6) is 3.01. The van der Waals surface area contributed by atoms with Gasteiger partial charge in [0.2, 0.25) is 0 Å². The molecule has 3 atom stereocenters. The summed E-state index contributed by atoms with van der Waals surface area (Å²) in [5.41, 5.74) is 4.32. The van der Waals surface area contributed by atoms with Crippen LogP contribution < -0.4 is 5.32 Å². The fraction of sp³-hybridized carbons (Fsp3) is 0.609. The molecule has 0 radical (unpaired) electrons. The van der Waals surface area contributed by atoms with Crippen LogP contribution in [-0.2, 0) is 4.74 Å². The highest BCUT2D eigenvalue weighted by Gasteiger charge is 2.55. The van der Waals surface area contributed by atoms with Crippen LogP contribution in [0.1, 0.15) is 58.1 Å². The summed E-state index contributed by atoms with van der Waals surface area (Å²) in [7, 11) is 0. The molecule has 3 nitrogen and oxygen atoms in total. The third-order valence-electron chi connectivity index (χ3n) is 6.92. The molecule has 1 aromatic carbocycles. The number of ether oxygens (including phenoxy) is 1. The Bertz CT molecular complexity index is 757. The van der Waals surface area contributed by atoms with Gasteiger partial charge >= 0.3 is 6.09 Å². The third kappa shape index (κ3) is 3.60. The van der Waals surface area contributed by atoms with E-state index in [9.17, 15) is 4.79 Å². The van der Waals surface area contributed by atoms with Crippen LogP contribution in [0, 0.1) is 11.3 Å². The van der Waals surface area contributed by atoms with Gasteiger partial charge in [-0.1, -0.05) is 49.8 Å². The van der Waals surface area contributed by atoms with E-state index in [0.717, 1.165) is 5.56 Å². The smallest absolute Gasteiger partial charge is 0.407 e. The molecule has 2 aliphatic carbocycles. The average molecular weight is 418 g/mol. The van der Waals surface area contributed by atoms with E-state index in [0.29, 0.717) is 12.5 Å². The number of benzene rings is 1. The highest BCUT2D eigenvalue weighted by molar-refractivity contribution is 8.21. The van der Waals surface area contributed by atoms with Gasteiger partial charge in [-0.25, -0.2) is 4.79 Å². The molecule has 1 heterocycles. The van der Waals surface area contributed by atoms with E-state index < -0.39 is 0 Å². The van der Waals surface area contributed by atoms with Gasteiger partial charge in [0, 0.05) is 16.9 Å². The van der Waals surface area contributed by atoms with Crippen LogP contribution in [0.15, 0.2) is 41.5 Å². The monoisotopic (exact) mass is 417 g/mol. The Kier molecular flexibility index (Phi) is 5.76. The van der Waals surface area contributed by atoms with Crippen molar-refractivity contribution in [1.29, 1.82) is 0 Å². The van der Waals surface area contributed by atoms with Gasteiger partial charge in [-0.15, -0.1) is 23.5 Å². The zero-order chi connectivity index (χ0) is 19.8. The topological polar surface area (TPSA) is 38.3 Å². The molecular weight excluding hydrogens is 386 g/mol. The molecule has 1 N–H and O–H groups in total. The average Bonchev–Trinajstić information content (AvgIpc) is 3.32. The van der Waals surface area contributed by atoms with Crippen LogP contribution in [-0.4, -0.2) is 28.3 Å². The van der Waals surface area contributed by atoms with E-state index >= 15 is 0 Å². The number of nitrogens with one attached hydrogen (secondary N) is 1. The Balaban J connectivity index is 1.46. The Morgan fingerprint density at radius 2 is 1.96 bits per heavy atom. The molecule has 1 amide bonds. The van der Waals surface area contributed by atoms with E-state index in [2.05, 4.69) is 42.7 Å². The van der Waals surface area contributed by atoms with Crippen molar-refractivity contribution >= 4 is 29.6 Å². The summed E-state index contributed by atoms with van der Waals surface area (Å²) in [5, 5.41) is 3.00. The Morgan fingerprint density at radius 1 is 1.25 bits per heavy atom. The molecule has 1 aliphatic heterocycles. The number of carbonyl (C=O) groups is 1. The number of fused-ring (bicyclic) bond motifs is 1. The number of carbonyl (C=O) groups excluding carboxylic acids is 1. The molecule has 1 saturated heterocycles. The van der Waals surface area contributed by atoms with E-state index in [4.69, 9.17) is 4.74 Å². The lowest BCUT2D eigenvalue weighted by Crippen LogP contribution is -2.43. The number of amides is 1. The minimum atomic E-state index is -0.309. The van der Waals surface area contributed by atoms with E-state index in [1.807, 2.05) is 37.3 Å². The second-order valence-electron chi connectivity index (χ2n) is 8.64. The highest BCUT2D eigenvalue weighted by Crippen LogP contribution is 2.65. The summed E-state index contributed by atoms with van der Waals surface area (Å²) in [6.07, 6.45) is 4.61. The quantitative estimate of drug-likeness (QED) is 0.594. The molecule has 1 spiro atoms. The van der Waals surface area contributed by atoms with E-state index in [-0.39, 0.29) is 21.6 Å². The summed E-state index contributed by atoms with van der Waals surface area (Å²) in [6, 6.07) is 9.98. The van der Waals surface area contributed by atoms with Crippen LogP contribution in [0.25, 0.3) is 0 Å². The maximum Gasteiger partial charge on any atom is 0.407 e. The summed E-state index contributed by atoms with van der Waals surface area (Å²) in [4.78, 5) is 12.6. The van der Waals surface area contributed by atoms with Gasteiger partial charge in [0.05, 0.1) is 10.1 Å². The molecule has 28 heavy (non-hydrogen) atoms. The van der Waals surface area contributed by atoms with Crippen molar-refractivity contribution < 1.29 is 9.53 Å². The first kappa shape index (κ1) is 20.2. The lowest BCUT2D eigenvalue weighted by atomic mass is 9.65. The SMILES string of the molecule is C[C@H](NC(=O)OC[C@]1(C)C2=C(CC[C@H]1C)CCC21SCCS1)c1ccccc1. The van der Waals surface area contributed by atoms with Gasteiger partial charge in [0.1, 0.15) is 6.61 Å². The minimum Gasteiger partial charge on any atom is -0.449 e. The van der Waals surface area contributed by atoms with Crippen molar-refractivity contribution in [2.24, 2.45) is 11.3 Å². The van der Waals surface area contributed by atoms with Crippen molar-refractivity contribution in [3.63, 3.8) is 0 Å².